The van der Waals surface area contributed by atoms with Gasteiger partial charge in [0.15, 0.2) is 6.10 Å². The predicted molar refractivity (Wildman–Crippen MR) is 261 cm³/mol. The Labute approximate surface area is 380 Å². The Bertz CT molecular complexity index is 905. The van der Waals surface area contributed by atoms with E-state index in [1.54, 1.807) is 0 Å². The molecule has 0 aliphatic heterocycles. The molecule has 0 heterocycles. The lowest BCUT2D eigenvalue weighted by Crippen LogP contribution is -2.30. The first-order valence-corrected chi connectivity index (χ1v) is 27.5. The van der Waals surface area contributed by atoms with Crippen LogP contribution in [-0.2, 0) is 28.6 Å². The Hall–Kier alpha value is -1.59. The van der Waals surface area contributed by atoms with Crippen LogP contribution in [0.2, 0.25) is 0 Å². The molecule has 1 atom stereocenters. The van der Waals surface area contributed by atoms with E-state index in [4.69, 9.17) is 14.2 Å². The second-order valence-electron chi connectivity index (χ2n) is 18.9. The summed E-state index contributed by atoms with van der Waals surface area (Å²) in [6, 6.07) is 0. The molecule has 0 rings (SSSR count). The van der Waals surface area contributed by atoms with E-state index < -0.39 is 6.10 Å². The Morgan fingerprint density at radius 1 is 0.262 bits per heavy atom. The molecule has 0 amide bonds. The van der Waals surface area contributed by atoms with Gasteiger partial charge in [-0.3, -0.25) is 14.4 Å². The van der Waals surface area contributed by atoms with Crippen LogP contribution in [0.4, 0.5) is 0 Å². The Kier molecular flexibility index (Phi) is 49.7. The summed E-state index contributed by atoms with van der Waals surface area (Å²) in [4.78, 5) is 38.0. The standard InChI is InChI=1S/C55H106O6/c1-4-7-10-13-16-19-22-24-25-26-27-28-29-31-33-36-39-42-45-48-54(57)60-51-52(50-59-53(56)47-44-41-38-35-32-21-18-15-12-9-6-3)61-55(58)49-46-43-40-37-34-30-23-20-17-14-11-8-5-2/h52H,4-51H2,1-3H3/t52-/m0/s1. The topological polar surface area (TPSA) is 78.9 Å². The van der Waals surface area contributed by atoms with Gasteiger partial charge in [-0.05, 0) is 19.3 Å². The zero-order chi connectivity index (χ0) is 44.4. The number of hydrogen-bond acceptors (Lipinski definition) is 6. The van der Waals surface area contributed by atoms with Crippen LogP contribution < -0.4 is 0 Å². The summed E-state index contributed by atoms with van der Waals surface area (Å²) in [6.45, 7) is 6.69. The molecular formula is C55H106O6. The van der Waals surface area contributed by atoms with Gasteiger partial charge in [-0.1, -0.05) is 278 Å². The number of hydrogen-bond donors (Lipinski definition) is 0. The van der Waals surface area contributed by atoms with E-state index in [9.17, 15) is 14.4 Å². The zero-order valence-corrected chi connectivity index (χ0v) is 41.5. The fraction of sp³-hybridized carbons (Fsp3) is 0.945. The number of carbonyl (C=O) groups excluding carboxylic acids is 3. The van der Waals surface area contributed by atoms with Crippen LogP contribution in [0.5, 0.6) is 0 Å². The van der Waals surface area contributed by atoms with Gasteiger partial charge in [0.25, 0.3) is 0 Å². The molecule has 362 valence electrons. The predicted octanol–water partition coefficient (Wildman–Crippen LogP) is 18.0. The van der Waals surface area contributed by atoms with Crippen molar-refractivity contribution >= 4 is 17.9 Å². The molecule has 0 aromatic rings. The third kappa shape index (κ3) is 49.3. The molecule has 0 aliphatic carbocycles. The highest BCUT2D eigenvalue weighted by Crippen LogP contribution is 2.17. The Balaban J connectivity index is 4.23. The summed E-state index contributed by atoms with van der Waals surface area (Å²) in [7, 11) is 0. The van der Waals surface area contributed by atoms with Crippen LogP contribution >= 0.6 is 0 Å². The summed E-state index contributed by atoms with van der Waals surface area (Å²) >= 11 is 0. The number of rotatable bonds is 51. The van der Waals surface area contributed by atoms with Crippen LogP contribution in [0.3, 0.4) is 0 Å². The van der Waals surface area contributed by atoms with E-state index in [0.717, 1.165) is 57.8 Å². The average Bonchev–Trinajstić information content (AvgIpc) is 3.26. The SMILES string of the molecule is CCCCCCCCCCCCCCCCCCCCCC(=O)OC[C@H](COC(=O)CCCCCCCCCCCCC)OC(=O)CCCCCCCCCCCCCCC. The van der Waals surface area contributed by atoms with Crippen molar-refractivity contribution in [3.8, 4) is 0 Å². The van der Waals surface area contributed by atoms with Gasteiger partial charge in [0.05, 0.1) is 0 Å². The summed E-state index contributed by atoms with van der Waals surface area (Å²) in [5.41, 5.74) is 0. The highest BCUT2D eigenvalue weighted by atomic mass is 16.6. The van der Waals surface area contributed by atoms with Crippen LogP contribution in [0.15, 0.2) is 0 Å². The Morgan fingerprint density at radius 3 is 0.656 bits per heavy atom. The second kappa shape index (κ2) is 51.0. The summed E-state index contributed by atoms with van der Waals surface area (Å²) in [5.74, 6) is -0.838. The monoisotopic (exact) mass is 863 g/mol. The van der Waals surface area contributed by atoms with Gasteiger partial charge in [-0.25, -0.2) is 0 Å². The van der Waals surface area contributed by atoms with E-state index in [-0.39, 0.29) is 31.1 Å². The van der Waals surface area contributed by atoms with Gasteiger partial charge >= 0.3 is 17.9 Å². The molecule has 0 saturated carbocycles. The van der Waals surface area contributed by atoms with Gasteiger partial charge in [-0.2, -0.15) is 0 Å². The van der Waals surface area contributed by atoms with Crippen molar-refractivity contribution in [3.05, 3.63) is 0 Å². The lowest BCUT2D eigenvalue weighted by Gasteiger charge is -2.18. The molecule has 6 heteroatoms. The van der Waals surface area contributed by atoms with Gasteiger partial charge < -0.3 is 14.2 Å². The lowest BCUT2D eigenvalue weighted by molar-refractivity contribution is -0.167. The maximum Gasteiger partial charge on any atom is 0.306 e. The van der Waals surface area contributed by atoms with Gasteiger partial charge in [0, 0.05) is 19.3 Å². The lowest BCUT2D eigenvalue weighted by atomic mass is 10.0. The van der Waals surface area contributed by atoms with E-state index in [1.165, 1.54) is 218 Å². The van der Waals surface area contributed by atoms with Crippen LogP contribution in [0, 0.1) is 0 Å². The molecule has 0 aliphatic rings. The first-order chi connectivity index (χ1) is 30.0. The highest BCUT2D eigenvalue weighted by molar-refractivity contribution is 5.71. The first kappa shape index (κ1) is 59.4. The second-order valence-corrected chi connectivity index (χ2v) is 18.9. The molecule has 0 unspecified atom stereocenters. The van der Waals surface area contributed by atoms with Crippen molar-refractivity contribution in [2.24, 2.45) is 0 Å². The minimum atomic E-state index is -0.759. The Morgan fingerprint density at radius 2 is 0.443 bits per heavy atom. The van der Waals surface area contributed by atoms with E-state index in [1.807, 2.05) is 0 Å². The molecule has 0 aromatic carbocycles. The first-order valence-electron chi connectivity index (χ1n) is 27.5. The number of carbonyl (C=O) groups is 3. The van der Waals surface area contributed by atoms with Crippen molar-refractivity contribution in [1.82, 2.24) is 0 Å². The molecule has 0 aromatic heterocycles. The smallest absolute Gasteiger partial charge is 0.306 e. The van der Waals surface area contributed by atoms with Gasteiger partial charge in [0.2, 0.25) is 0 Å². The highest BCUT2D eigenvalue weighted by Gasteiger charge is 2.19. The molecule has 0 bridgehead atoms. The van der Waals surface area contributed by atoms with E-state index in [0.29, 0.717) is 19.3 Å². The third-order valence-corrected chi connectivity index (χ3v) is 12.6. The summed E-state index contributed by atoms with van der Waals surface area (Å²) < 4.78 is 16.8. The molecule has 6 nitrogen and oxygen atoms in total. The molecular weight excluding hydrogens is 757 g/mol. The number of esters is 3. The number of ether oxygens (including phenoxy) is 3. The normalized spacial score (nSPS) is 11.9. The fourth-order valence-electron chi connectivity index (χ4n) is 8.45. The maximum absolute atomic E-state index is 12.8. The van der Waals surface area contributed by atoms with Crippen LogP contribution in [0.25, 0.3) is 0 Å². The van der Waals surface area contributed by atoms with Crippen molar-refractivity contribution in [1.29, 1.82) is 0 Å². The minimum Gasteiger partial charge on any atom is -0.462 e. The number of unbranched alkanes of at least 4 members (excludes halogenated alkanes) is 40. The molecule has 0 N–H and O–H groups in total. The largest absolute Gasteiger partial charge is 0.462 e. The molecule has 0 spiro atoms. The van der Waals surface area contributed by atoms with Crippen molar-refractivity contribution < 1.29 is 28.6 Å². The quantitative estimate of drug-likeness (QED) is 0.0344. The average molecular weight is 863 g/mol. The summed E-state index contributed by atoms with van der Waals surface area (Å²) in [6.07, 6.45) is 55.2. The zero-order valence-electron chi connectivity index (χ0n) is 41.5. The van der Waals surface area contributed by atoms with Crippen LogP contribution in [0.1, 0.15) is 316 Å². The van der Waals surface area contributed by atoms with Crippen molar-refractivity contribution in [2.45, 2.75) is 322 Å². The fourth-order valence-corrected chi connectivity index (χ4v) is 8.45. The molecule has 0 radical (unpaired) electrons. The molecule has 0 saturated heterocycles. The van der Waals surface area contributed by atoms with E-state index in [2.05, 4.69) is 20.8 Å². The van der Waals surface area contributed by atoms with Gasteiger partial charge in [0.1, 0.15) is 13.2 Å². The third-order valence-electron chi connectivity index (χ3n) is 12.6. The van der Waals surface area contributed by atoms with Crippen molar-refractivity contribution in [2.75, 3.05) is 13.2 Å². The maximum atomic E-state index is 12.8. The van der Waals surface area contributed by atoms with Gasteiger partial charge in [-0.15, -0.1) is 0 Å². The van der Waals surface area contributed by atoms with Crippen molar-refractivity contribution in [3.63, 3.8) is 0 Å². The minimum absolute atomic E-state index is 0.0615. The van der Waals surface area contributed by atoms with E-state index >= 15 is 0 Å². The van der Waals surface area contributed by atoms with Crippen LogP contribution in [-0.4, -0.2) is 37.2 Å². The molecule has 0 fully saturated rings. The molecule has 61 heavy (non-hydrogen) atoms. The summed E-state index contributed by atoms with van der Waals surface area (Å²) in [5, 5.41) is 0.